The Balaban J connectivity index is 2.02. The quantitative estimate of drug-likeness (QED) is 0.761. The fourth-order valence-electron chi connectivity index (χ4n) is 3.62. The van der Waals surface area contributed by atoms with E-state index in [4.69, 9.17) is 0 Å². The van der Waals surface area contributed by atoms with Gasteiger partial charge in [-0.3, -0.25) is 4.90 Å². The maximum Gasteiger partial charge on any atom is 0.0343 e. The van der Waals surface area contributed by atoms with Gasteiger partial charge in [0.1, 0.15) is 0 Å². The molecule has 0 spiro atoms. The lowest BCUT2D eigenvalue weighted by Crippen LogP contribution is -2.37. The average Bonchev–Trinajstić information content (AvgIpc) is 2.84. The van der Waals surface area contributed by atoms with Crippen molar-refractivity contribution < 1.29 is 0 Å². The normalized spacial score (nSPS) is 24.4. The van der Waals surface area contributed by atoms with Crippen LogP contribution in [0.3, 0.4) is 0 Å². The topological polar surface area (TPSA) is 15.3 Å². The fourth-order valence-corrected chi connectivity index (χ4v) is 4.18. The van der Waals surface area contributed by atoms with Crippen LogP contribution in [-0.4, -0.2) is 30.1 Å². The molecule has 0 aliphatic carbocycles. The first-order chi connectivity index (χ1) is 10.2. The van der Waals surface area contributed by atoms with Crippen LogP contribution in [0.2, 0.25) is 0 Å². The number of hydrogen-bond donors (Lipinski definition) is 1. The van der Waals surface area contributed by atoms with Crippen molar-refractivity contribution in [2.24, 2.45) is 0 Å². The summed E-state index contributed by atoms with van der Waals surface area (Å²) in [6.45, 7) is 9.11. The van der Waals surface area contributed by atoms with Crippen LogP contribution in [-0.2, 0) is 0 Å². The lowest BCUT2D eigenvalue weighted by Gasteiger charge is -2.30. The number of rotatable bonds is 7. The van der Waals surface area contributed by atoms with E-state index < -0.39 is 0 Å². The Kier molecular flexibility index (Phi) is 6.72. The highest BCUT2D eigenvalue weighted by Gasteiger charge is 2.29. The molecule has 2 nitrogen and oxygen atoms in total. The molecule has 1 aromatic carbocycles. The van der Waals surface area contributed by atoms with E-state index in [9.17, 15) is 0 Å². The number of nitrogens with one attached hydrogen (secondary N) is 1. The molecule has 1 heterocycles. The standard InChI is InChI=1S/C18H29BrN2/c1-4-15-11-10-14(3)21(15)13-12-18(20-5-2)16-8-6-7-9-17(16)19/h6-9,14-15,18,20H,4-5,10-13H2,1-3H3. The minimum atomic E-state index is 0.441. The highest BCUT2D eigenvalue weighted by atomic mass is 79.9. The van der Waals surface area contributed by atoms with E-state index in [1.807, 2.05) is 0 Å². The first kappa shape index (κ1) is 17.0. The average molecular weight is 353 g/mol. The molecule has 1 aliphatic heterocycles. The maximum absolute atomic E-state index is 3.70. The second kappa shape index (κ2) is 8.30. The Morgan fingerprint density at radius 1 is 1.29 bits per heavy atom. The molecule has 1 aromatic rings. The largest absolute Gasteiger partial charge is 0.310 e. The molecule has 0 aromatic heterocycles. The second-order valence-corrected chi connectivity index (χ2v) is 7.00. The summed E-state index contributed by atoms with van der Waals surface area (Å²) in [6.07, 6.45) is 5.19. The van der Waals surface area contributed by atoms with E-state index in [1.54, 1.807) is 0 Å². The van der Waals surface area contributed by atoms with Crippen LogP contribution in [0.5, 0.6) is 0 Å². The lowest BCUT2D eigenvalue weighted by atomic mass is 10.0. The van der Waals surface area contributed by atoms with Crippen LogP contribution in [0.15, 0.2) is 28.7 Å². The number of likely N-dealkylation sites (tertiary alicyclic amines) is 1. The molecule has 0 radical (unpaired) electrons. The molecule has 2 rings (SSSR count). The van der Waals surface area contributed by atoms with Crippen molar-refractivity contribution in [2.45, 2.75) is 64.6 Å². The minimum absolute atomic E-state index is 0.441. The summed E-state index contributed by atoms with van der Waals surface area (Å²) in [7, 11) is 0. The van der Waals surface area contributed by atoms with Gasteiger partial charge < -0.3 is 5.32 Å². The van der Waals surface area contributed by atoms with Gasteiger partial charge in [0.2, 0.25) is 0 Å². The van der Waals surface area contributed by atoms with E-state index in [2.05, 4.69) is 71.2 Å². The molecule has 118 valence electrons. The van der Waals surface area contributed by atoms with Gasteiger partial charge in [0.15, 0.2) is 0 Å². The smallest absolute Gasteiger partial charge is 0.0343 e. The molecular formula is C18H29BrN2. The van der Waals surface area contributed by atoms with Gasteiger partial charge in [-0.15, -0.1) is 0 Å². The second-order valence-electron chi connectivity index (χ2n) is 6.15. The predicted octanol–water partition coefficient (Wildman–Crippen LogP) is 4.75. The molecule has 0 bridgehead atoms. The molecular weight excluding hydrogens is 324 g/mol. The zero-order chi connectivity index (χ0) is 15.2. The van der Waals surface area contributed by atoms with Crippen LogP contribution in [0.4, 0.5) is 0 Å². The molecule has 1 N–H and O–H groups in total. The molecule has 1 fully saturated rings. The predicted molar refractivity (Wildman–Crippen MR) is 94.7 cm³/mol. The Bertz CT molecular complexity index is 435. The number of benzene rings is 1. The molecule has 0 amide bonds. The van der Waals surface area contributed by atoms with E-state index in [-0.39, 0.29) is 0 Å². The Hall–Kier alpha value is -0.380. The zero-order valence-corrected chi connectivity index (χ0v) is 15.2. The van der Waals surface area contributed by atoms with Crippen molar-refractivity contribution in [3.8, 4) is 0 Å². The van der Waals surface area contributed by atoms with Gasteiger partial charge in [-0.2, -0.15) is 0 Å². The molecule has 0 saturated carbocycles. The van der Waals surface area contributed by atoms with Crippen molar-refractivity contribution in [3.05, 3.63) is 34.3 Å². The first-order valence-electron chi connectivity index (χ1n) is 8.40. The summed E-state index contributed by atoms with van der Waals surface area (Å²) in [5.41, 5.74) is 1.39. The Morgan fingerprint density at radius 3 is 2.71 bits per heavy atom. The lowest BCUT2D eigenvalue weighted by molar-refractivity contribution is 0.188. The van der Waals surface area contributed by atoms with Gasteiger partial charge in [-0.05, 0) is 50.8 Å². The van der Waals surface area contributed by atoms with Crippen molar-refractivity contribution in [2.75, 3.05) is 13.1 Å². The van der Waals surface area contributed by atoms with Crippen molar-refractivity contribution in [3.63, 3.8) is 0 Å². The number of halogens is 1. The van der Waals surface area contributed by atoms with Crippen LogP contribution >= 0.6 is 15.9 Å². The number of hydrogen-bond acceptors (Lipinski definition) is 2. The zero-order valence-electron chi connectivity index (χ0n) is 13.6. The van der Waals surface area contributed by atoms with E-state index >= 15 is 0 Å². The molecule has 3 atom stereocenters. The van der Waals surface area contributed by atoms with Crippen LogP contribution in [0, 0.1) is 0 Å². The SMILES string of the molecule is CCNC(CCN1C(C)CCC1CC)c1ccccc1Br. The molecule has 3 heteroatoms. The first-order valence-corrected chi connectivity index (χ1v) is 9.20. The van der Waals surface area contributed by atoms with E-state index in [0.717, 1.165) is 18.6 Å². The summed E-state index contributed by atoms with van der Waals surface area (Å²) in [5.74, 6) is 0. The van der Waals surface area contributed by atoms with Crippen LogP contribution < -0.4 is 5.32 Å². The van der Waals surface area contributed by atoms with E-state index in [1.165, 1.54) is 42.3 Å². The third-order valence-corrected chi connectivity index (χ3v) is 5.55. The van der Waals surface area contributed by atoms with Gasteiger partial charge in [0.25, 0.3) is 0 Å². The maximum atomic E-state index is 3.70. The Labute approximate surface area is 138 Å². The summed E-state index contributed by atoms with van der Waals surface area (Å²) in [6, 6.07) is 10.6. The number of nitrogens with zero attached hydrogens (tertiary/aromatic N) is 1. The van der Waals surface area contributed by atoms with Crippen molar-refractivity contribution >= 4 is 15.9 Å². The fraction of sp³-hybridized carbons (Fsp3) is 0.667. The minimum Gasteiger partial charge on any atom is -0.310 e. The summed E-state index contributed by atoms with van der Waals surface area (Å²) in [5, 5.41) is 3.65. The highest BCUT2D eigenvalue weighted by molar-refractivity contribution is 9.10. The summed E-state index contributed by atoms with van der Waals surface area (Å²) < 4.78 is 1.22. The van der Waals surface area contributed by atoms with Crippen molar-refractivity contribution in [1.29, 1.82) is 0 Å². The molecule has 3 unspecified atom stereocenters. The van der Waals surface area contributed by atoms with Gasteiger partial charge in [-0.25, -0.2) is 0 Å². The van der Waals surface area contributed by atoms with E-state index in [0.29, 0.717) is 6.04 Å². The monoisotopic (exact) mass is 352 g/mol. The third kappa shape index (κ3) is 4.30. The summed E-state index contributed by atoms with van der Waals surface area (Å²) in [4.78, 5) is 2.72. The molecule has 21 heavy (non-hydrogen) atoms. The third-order valence-electron chi connectivity index (χ3n) is 4.83. The van der Waals surface area contributed by atoms with Gasteiger partial charge >= 0.3 is 0 Å². The summed E-state index contributed by atoms with van der Waals surface area (Å²) >= 11 is 3.70. The molecule has 1 saturated heterocycles. The van der Waals surface area contributed by atoms with Crippen LogP contribution in [0.1, 0.15) is 58.1 Å². The van der Waals surface area contributed by atoms with Gasteiger partial charge in [0, 0.05) is 29.1 Å². The van der Waals surface area contributed by atoms with Crippen LogP contribution in [0.25, 0.3) is 0 Å². The van der Waals surface area contributed by atoms with Gasteiger partial charge in [0.05, 0.1) is 0 Å². The van der Waals surface area contributed by atoms with Gasteiger partial charge in [-0.1, -0.05) is 48.0 Å². The Morgan fingerprint density at radius 2 is 2.05 bits per heavy atom. The van der Waals surface area contributed by atoms with Crippen molar-refractivity contribution in [1.82, 2.24) is 10.2 Å². The highest BCUT2D eigenvalue weighted by Crippen LogP contribution is 2.29. The molecule has 1 aliphatic rings.